The van der Waals surface area contributed by atoms with E-state index in [2.05, 4.69) is 20.6 Å². The summed E-state index contributed by atoms with van der Waals surface area (Å²) < 4.78 is 0. The fourth-order valence-electron chi connectivity index (χ4n) is 1.62. The van der Waals surface area contributed by atoms with Gasteiger partial charge in [-0.15, -0.1) is 11.8 Å². The van der Waals surface area contributed by atoms with Crippen LogP contribution in [0.2, 0.25) is 0 Å². The highest BCUT2D eigenvalue weighted by Gasteiger charge is 2.21. The van der Waals surface area contributed by atoms with Crippen LogP contribution < -0.4 is 10.6 Å². The third-order valence-electron chi connectivity index (χ3n) is 2.46. The summed E-state index contributed by atoms with van der Waals surface area (Å²) in [5.74, 6) is 0.761. The van der Waals surface area contributed by atoms with E-state index in [-0.39, 0.29) is 11.9 Å². The quantitative estimate of drug-likeness (QED) is 0.604. The maximum absolute atomic E-state index is 11.5. The lowest BCUT2D eigenvalue weighted by molar-refractivity contribution is -0.123. The highest BCUT2D eigenvalue weighted by atomic mass is 32.2. The zero-order valence-electron chi connectivity index (χ0n) is 9.06. The number of hydrogen-bond acceptors (Lipinski definition) is 5. The number of anilines is 1. The van der Waals surface area contributed by atoms with Crippen LogP contribution in [0.1, 0.15) is 12.8 Å². The van der Waals surface area contributed by atoms with E-state index >= 15 is 0 Å². The van der Waals surface area contributed by atoms with Gasteiger partial charge in [-0.3, -0.25) is 4.79 Å². The minimum atomic E-state index is -0.168. The van der Waals surface area contributed by atoms with Crippen LogP contribution in [0.3, 0.4) is 0 Å². The molecule has 0 aliphatic carbocycles. The molecule has 1 aromatic heterocycles. The molecule has 0 aromatic carbocycles. The fourth-order valence-corrected chi connectivity index (χ4v) is 2.00. The van der Waals surface area contributed by atoms with Crippen molar-refractivity contribution in [3.63, 3.8) is 0 Å². The number of aromatic nitrogens is 2. The summed E-state index contributed by atoms with van der Waals surface area (Å²) >= 11 is 1.55. The molecule has 0 saturated carbocycles. The fraction of sp³-hybridized carbons (Fsp3) is 0.500. The highest BCUT2D eigenvalue weighted by Crippen LogP contribution is 2.16. The number of hydrogen-bond donors (Lipinski definition) is 2. The van der Waals surface area contributed by atoms with Crippen LogP contribution >= 0.6 is 11.8 Å². The Kier molecular flexibility index (Phi) is 3.61. The smallest absolute Gasteiger partial charge is 0.242 e. The van der Waals surface area contributed by atoms with Gasteiger partial charge in [-0.05, 0) is 19.1 Å². The summed E-state index contributed by atoms with van der Waals surface area (Å²) in [6, 6.07) is 1.69. The molecule has 1 saturated heterocycles. The summed E-state index contributed by atoms with van der Waals surface area (Å²) in [7, 11) is 0. The van der Waals surface area contributed by atoms with Gasteiger partial charge in [0.25, 0.3) is 0 Å². The van der Waals surface area contributed by atoms with Gasteiger partial charge in [-0.25, -0.2) is 9.97 Å². The third kappa shape index (κ3) is 2.63. The first-order chi connectivity index (χ1) is 7.79. The van der Waals surface area contributed by atoms with E-state index in [1.165, 1.54) is 6.33 Å². The van der Waals surface area contributed by atoms with Crippen LogP contribution in [0.4, 0.5) is 5.82 Å². The SMILES string of the molecule is CSc1cc(NC2CCCNC2=O)ncn1. The molecule has 0 bridgehead atoms. The minimum absolute atomic E-state index is 0.0514. The lowest BCUT2D eigenvalue weighted by Gasteiger charge is -2.23. The Labute approximate surface area is 98.4 Å². The largest absolute Gasteiger partial charge is 0.358 e. The molecule has 2 heterocycles. The first-order valence-corrected chi connectivity index (χ1v) is 6.42. The predicted molar refractivity (Wildman–Crippen MR) is 63.5 cm³/mol. The van der Waals surface area contributed by atoms with E-state index in [0.717, 1.165) is 24.4 Å². The van der Waals surface area contributed by atoms with Crippen LogP contribution in [0.15, 0.2) is 17.4 Å². The number of nitrogens with one attached hydrogen (secondary N) is 2. The Bertz CT molecular complexity index is 385. The van der Waals surface area contributed by atoms with Crippen LogP contribution in [-0.2, 0) is 4.79 Å². The van der Waals surface area contributed by atoms with Crippen molar-refractivity contribution in [2.45, 2.75) is 23.9 Å². The number of carbonyl (C=O) groups is 1. The predicted octanol–water partition coefficient (Wildman–Crippen LogP) is 0.889. The van der Waals surface area contributed by atoms with Crippen molar-refractivity contribution in [2.75, 3.05) is 18.1 Å². The van der Waals surface area contributed by atoms with Crippen molar-refractivity contribution in [2.24, 2.45) is 0 Å². The van der Waals surface area contributed by atoms with Gasteiger partial charge in [0.05, 0.1) is 0 Å². The zero-order valence-corrected chi connectivity index (χ0v) is 9.88. The molecule has 16 heavy (non-hydrogen) atoms. The normalized spacial score (nSPS) is 20.3. The second-order valence-corrected chi connectivity index (χ2v) is 4.40. The average molecular weight is 238 g/mol. The monoisotopic (exact) mass is 238 g/mol. The molecule has 86 valence electrons. The molecular formula is C10H14N4OS. The van der Waals surface area contributed by atoms with Crippen molar-refractivity contribution in [3.8, 4) is 0 Å². The number of rotatable bonds is 3. The second-order valence-electron chi connectivity index (χ2n) is 3.58. The number of nitrogens with zero attached hydrogens (tertiary/aromatic N) is 2. The summed E-state index contributed by atoms with van der Waals surface area (Å²) in [4.78, 5) is 19.7. The molecule has 0 radical (unpaired) electrons. The molecule has 1 aromatic rings. The lowest BCUT2D eigenvalue weighted by atomic mass is 10.1. The van der Waals surface area contributed by atoms with Gasteiger partial charge in [0.15, 0.2) is 0 Å². The molecule has 1 aliphatic rings. The van der Waals surface area contributed by atoms with Crippen molar-refractivity contribution >= 4 is 23.5 Å². The van der Waals surface area contributed by atoms with Gasteiger partial charge >= 0.3 is 0 Å². The number of thioether (sulfide) groups is 1. The van der Waals surface area contributed by atoms with Gasteiger partial charge in [0.1, 0.15) is 23.2 Å². The van der Waals surface area contributed by atoms with Crippen LogP contribution in [0.25, 0.3) is 0 Å². The van der Waals surface area contributed by atoms with E-state index in [1.54, 1.807) is 11.8 Å². The highest BCUT2D eigenvalue weighted by molar-refractivity contribution is 7.98. The number of carbonyl (C=O) groups excluding carboxylic acids is 1. The Balaban J connectivity index is 2.04. The molecule has 1 atom stereocenters. The Hall–Kier alpha value is -1.30. The lowest BCUT2D eigenvalue weighted by Crippen LogP contribution is -2.44. The number of piperidine rings is 1. The van der Waals surface area contributed by atoms with Crippen LogP contribution in [0, 0.1) is 0 Å². The van der Waals surface area contributed by atoms with Crippen molar-refractivity contribution in [1.29, 1.82) is 0 Å². The van der Waals surface area contributed by atoms with E-state index in [4.69, 9.17) is 0 Å². The van der Waals surface area contributed by atoms with E-state index in [1.807, 2.05) is 12.3 Å². The summed E-state index contributed by atoms with van der Waals surface area (Å²) in [6.07, 6.45) is 5.32. The molecular weight excluding hydrogens is 224 g/mol. The molecule has 2 rings (SSSR count). The summed E-state index contributed by atoms with van der Waals surface area (Å²) in [5, 5.41) is 6.86. The minimum Gasteiger partial charge on any atom is -0.358 e. The maximum Gasteiger partial charge on any atom is 0.242 e. The Morgan fingerprint density at radius 2 is 2.44 bits per heavy atom. The average Bonchev–Trinajstić information content (AvgIpc) is 2.32. The van der Waals surface area contributed by atoms with Gasteiger partial charge < -0.3 is 10.6 Å². The van der Waals surface area contributed by atoms with E-state index in [9.17, 15) is 4.79 Å². The topological polar surface area (TPSA) is 66.9 Å². The van der Waals surface area contributed by atoms with Gasteiger partial charge in [-0.1, -0.05) is 0 Å². The van der Waals surface area contributed by atoms with E-state index < -0.39 is 0 Å². The maximum atomic E-state index is 11.5. The third-order valence-corrected chi connectivity index (χ3v) is 3.10. The van der Waals surface area contributed by atoms with Crippen molar-refractivity contribution in [1.82, 2.24) is 15.3 Å². The first kappa shape index (κ1) is 11.2. The molecule has 0 spiro atoms. The molecule has 1 amide bonds. The van der Waals surface area contributed by atoms with Gasteiger partial charge in [0.2, 0.25) is 5.91 Å². The van der Waals surface area contributed by atoms with Gasteiger partial charge in [0, 0.05) is 12.6 Å². The standard InChI is InChI=1S/C10H14N4OS/c1-16-9-5-8(12-6-13-9)14-7-3-2-4-11-10(7)15/h5-7H,2-4H2,1H3,(H,11,15)(H,12,13,14). The van der Waals surface area contributed by atoms with Crippen molar-refractivity contribution in [3.05, 3.63) is 12.4 Å². The molecule has 1 fully saturated rings. The molecule has 1 aliphatic heterocycles. The molecule has 2 N–H and O–H groups in total. The van der Waals surface area contributed by atoms with Gasteiger partial charge in [-0.2, -0.15) is 0 Å². The molecule has 6 heteroatoms. The zero-order chi connectivity index (χ0) is 11.4. The van der Waals surface area contributed by atoms with Crippen LogP contribution in [0.5, 0.6) is 0 Å². The Morgan fingerprint density at radius 1 is 1.56 bits per heavy atom. The number of amides is 1. The Morgan fingerprint density at radius 3 is 3.19 bits per heavy atom. The first-order valence-electron chi connectivity index (χ1n) is 5.20. The van der Waals surface area contributed by atoms with Crippen molar-refractivity contribution < 1.29 is 4.79 Å². The molecule has 1 unspecified atom stereocenters. The summed E-state index contributed by atoms with van der Waals surface area (Å²) in [6.45, 7) is 0.775. The second kappa shape index (κ2) is 5.16. The summed E-state index contributed by atoms with van der Waals surface area (Å²) in [5.41, 5.74) is 0. The molecule has 5 nitrogen and oxygen atoms in total. The van der Waals surface area contributed by atoms with Crippen LogP contribution in [-0.4, -0.2) is 34.7 Å². The van der Waals surface area contributed by atoms with E-state index in [0.29, 0.717) is 5.82 Å².